The molecule has 2 amide bonds. The molecule has 26 heavy (non-hydrogen) atoms. The standard InChI is InChI=1S/C19H18N2O4S/c1-11(17-19(23)21-13-4-2-3-5-16(13)26-17)18(22)20-9-12-6-7-14-15(8-12)25-10-24-14/h2-8,11,17H,9-10H2,1H3,(H,20,22)(H,21,23). The van der Waals surface area contributed by atoms with Crippen LogP contribution in [0.5, 0.6) is 11.5 Å². The minimum Gasteiger partial charge on any atom is -0.454 e. The Hall–Kier alpha value is -2.67. The Kier molecular flexibility index (Phi) is 4.46. The highest BCUT2D eigenvalue weighted by molar-refractivity contribution is 8.01. The molecule has 2 aliphatic heterocycles. The van der Waals surface area contributed by atoms with Crippen LogP contribution in [0.2, 0.25) is 0 Å². The maximum atomic E-state index is 12.5. The third-order valence-corrected chi connectivity index (χ3v) is 5.91. The Morgan fingerprint density at radius 2 is 2.08 bits per heavy atom. The van der Waals surface area contributed by atoms with Crippen molar-refractivity contribution in [2.75, 3.05) is 12.1 Å². The lowest BCUT2D eigenvalue weighted by molar-refractivity contribution is -0.127. The third-order valence-electron chi connectivity index (χ3n) is 4.43. The summed E-state index contributed by atoms with van der Waals surface area (Å²) < 4.78 is 10.6. The van der Waals surface area contributed by atoms with Crippen LogP contribution < -0.4 is 20.1 Å². The fraction of sp³-hybridized carbons (Fsp3) is 0.263. The minimum absolute atomic E-state index is 0.139. The number of carbonyl (C=O) groups excluding carboxylic acids is 2. The lowest BCUT2D eigenvalue weighted by atomic mass is 10.1. The van der Waals surface area contributed by atoms with Gasteiger partial charge in [0, 0.05) is 11.4 Å². The number of carbonyl (C=O) groups is 2. The number of amides is 2. The molecule has 2 unspecified atom stereocenters. The van der Waals surface area contributed by atoms with Gasteiger partial charge in [0.2, 0.25) is 18.6 Å². The van der Waals surface area contributed by atoms with E-state index in [1.807, 2.05) is 42.5 Å². The van der Waals surface area contributed by atoms with Gasteiger partial charge in [-0.1, -0.05) is 25.1 Å². The first-order chi connectivity index (χ1) is 12.6. The molecule has 0 aliphatic carbocycles. The second kappa shape index (κ2) is 6.92. The molecule has 2 aromatic carbocycles. The van der Waals surface area contributed by atoms with Crippen molar-refractivity contribution in [1.29, 1.82) is 0 Å². The normalized spacial score (nSPS) is 18.7. The topological polar surface area (TPSA) is 76.7 Å². The summed E-state index contributed by atoms with van der Waals surface area (Å²) in [7, 11) is 0. The smallest absolute Gasteiger partial charge is 0.238 e. The zero-order valence-corrected chi connectivity index (χ0v) is 15.0. The molecule has 0 saturated heterocycles. The Balaban J connectivity index is 1.39. The number of hydrogen-bond donors (Lipinski definition) is 2. The van der Waals surface area contributed by atoms with E-state index in [4.69, 9.17) is 9.47 Å². The van der Waals surface area contributed by atoms with E-state index in [0.29, 0.717) is 18.0 Å². The van der Waals surface area contributed by atoms with Gasteiger partial charge in [-0.3, -0.25) is 9.59 Å². The van der Waals surface area contributed by atoms with Crippen molar-refractivity contribution in [2.24, 2.45) is 5.92 Å². The summed E-state index contributed by atoms with van der Waals surface area (Å²) in [5, 5.41) is 5.32. The van der Waals surface area contributed by atoms with Gasteiger partial charge in [-0.2, -0.15) is 0 Å². The summed E-state index contributed by atoms with van der Waals surface area (Å²) in [6.45, 7) is 2.37. The summed E-state index contributed by atoms with van der Waals surface area (Å²) in [6.07, 6.45) is 0. The maximum Gasteiger partial charge on any atom is 0.238 e. The molecule has 4 rings (SSSR count). The molecule has 0 aromatic heterocycles. The van der Waals surface area contributed by atoms with E-state index in [2.05, 4.69) is 10.6 Å². The highest BCUT2D eigenvalue weighted by Gasteiger charge is 2.34. The number of para-hydroxylation sites is 1. The summed E-state index contributed by atoms with van der Waals surface area (Å²) in [6, 6.07) is 13.2. The van der Waals surface area contributed by atoms with Gasteiger partial charge in [-0.15, -0.1) is 11.8 Å². The predicted molar refractivity (Wildman–Crippen MR) is 98.3 cm³/mol. The van der Waals surface area contributed by atoms with Crippen LogP contribution in [0.3, 0.4) is 0 Å². The van der Waals surface area contributed by atoms with Crippen molar-refractivity contribution in [1.82, 2.24) is 5.32 Å². The van der Waals surface area contributed by atoms with E-state index in [-0.39, 0.29) is 18.6 Å². The Bertz CT molecular complexity index is 870. The van der Waals surface area contributed by atoms with Crippen LogP contribution in [-0.4, -0.2) is 23.9 Å². The number of ether oxygens (including phenoxy) is 2. The first kappa shape index (κ1) is 16.8. The first-order valence-corrected chi connectivity index (χ1v) is 9.22. The fourth-order valence-corrected chi connectivity index (χ4v) is 4.10. The number of thioether (sulfide) groups is 1. The Morgan fingerprint density at radius 3 is 2.96 bits per heavy atom. The number of rotatable bonds is 4. The van der Waals surface area contributed by atoms with Crippen molar-refractivity contribution in [3.05, 3.63) is 48.0 Å². The SMILES string of the molecule is CC(C(=O)NCc1ccc2c(c1)OCO2)C1Sc2ccccc2NC1=O. The largest absolute Gasteiger partial charge is 0.454 e. The van der Waals surface area contributed by atoms with E-state index in [9.17, 15) is 9.59 Å². The molecule has 2 N–H and O–H groups in total. The Labute approximate surface area is 155 Å². The van der Waals surface area contributed by atoms with Gasteiger partial charge in [0.15, 0.2) is 11.5 Å². The molecule has 7 heteroatoms. The maximum absolute atomic E-state index is 12.5. The lowest BCUT2D eigenvalue weighted by Crippen LogP contribution is -2.41. The predicted octanol–water partition coefficient (Wildman–Crippen LogP) is 2.78. The molecule has 2 aromatic rings. The molecule has 0 bridgehead atoms. The molecule has 0 fully saturated rings. The van der Waals surface area contributed by atoms with Gasteiger partial charge in [-0.05, 0) is 29.8 Å². The molecule has 2 heterocycles. The monoisotopic (exact) mass is 370 g/mol. The van der Waals surface area contributed by atoms with Gasteiger partial charge in [0.25, 0.3) is 0 Å². The summed E-state index contributed by atoms with van der Waals surface area (Å²) >= 11 is 1.43. The molecular formula is C19H18N2O4S. The van der Waals surface area contributed by atoms with Crippen molar-refractivity contribution in [3.8, 4) is 11.5 Å². The van der Waals surface area contributed by atoms with Crippen LogP contribution in [0.25, 0.3) is 0 Å². The van der Waals surface area contributed by atoms with Gasteiger partial charge >= 0.3 is 0 Å². The van der Waals surface area contributed by atoms with Crippen LogP contribution in [0.1, 0.15) is 12.5 Å². The van der Waals surface area contributed by atoms with Crippen LogP contribution in [0.15, 0.2) is 47.4 Å². The average Bonchev–Trinajstić information content (AvgIpc) is 3.12. The number of fused-ring (bicyclic) bond motifs is 2. The van der Waals surface area contributed by atoms with E-state index in [1.54, 1.807) is 6.92 Å². The summed E-state index contributed by atoms with van der Waals surface area (Å²) in [4.78, 5) is 25.9. The van der Waals surface area contributed by atoms with Crippen LogP contribution in [0, 0.1) is 5.92 Å². The zero-order chi connectivity index (χ0) is 18.1. The molecule has 2 atom stereocenters. The van der Waals surface area contributed by atoms with Crippen LogP contribution in [-0.2, 0) is 16.1 Å². The molecule has 0 spiro atoms. The van der Waals surface area contributed by atoms with Crippen molar-refractivity contribution in [2.45, 2.75) is 23.6 Å². The molecular weight excluding hydrogens is 352 g/mol. The number of nitrogens with one attached hydrogen (secondary N) is 2. The molecule has 0 saturated carbocycles. The van der Waals surface area contributed by atoms with Gasteiger partial charge in [0.05, 0.1) is 16.9 Å². The van der Waals surface area contributed by atoms with Gasteiger partial charge < -0.3 is 20.1 Å². The molecule has 6 nitrogen and oxygen atoms in total. The van der Waals surface area contributed by atoms with E-state index in [0.717, 1.165) is 16.1 Å². The van der Waals surface area contributed by atoms with Gasteiger partial charge in [-0.25, -0.2) is 0 Å². The fourth-order valence-electron chi connectivity index (χ4n) is 2.93. The summed E-state index contributed by atoms with van der Waals surface area (Å²) in [5.74, 6) is 0.641. The molecule has 2 aliphatic rings. The first-order valence-electron chi connectivity index (χ1n) is 8.34. The Morgan fingerprint density at radius 1 is 1.27 bits per heavy atom. The minimum atomic E-state index is -0.457. The second-order valence-electron chi connectivity index (χ2n) is 6.22. The van der Waals surface area contributed by atoms with Crippen LogP contribution in [0.4, 0.5) is 5.69 Å². The van der Waals surface area contributed by atoms with E-state index >= 15 is 0 Å². The molecule has 0 radical (unpaired) electrons. The average molecular weight is 370 g/mol. The highest BCUT2D eigenvalue weighted by atomic mass is 32.2. The van der Waals surface area contributed by atoms with E-state index in [1.165, 1.54) is 11.8 Å². The third kappa shape index (κ3) is 3.22. The lowest BCUT2D eigenvalue weighted by Gasteiger charge is -2.27. The van der Waals surface area contributed by atoms with Crippen LogP contribution >= 0.6 is 11.8 Å². The number of benzene rings is 2. The quantitative estimate of drug-likeness (QED) is 0.865. The highest BCUT2D eigenvalue weighted by Crippen LogP contribution is 2.38. The molecule has 134 valence electrons. The number of anilines is 1. The number of hydrogen-bond acceptors (Lipinski definition) is 5. The summed E-state index contributed by atoms with van der Waals surface area (Å²) in [5.41, 5.74) is 1.72. The zero-order valence-electron chi connectivity index (χ0n) is 14.2. The van der Waals surface area contributed by atoms with E-state index < -0.39 is 11.2 Å². The van der Waals surface area contributed by atoms with Crippen molar-refractivity contribution in [3.63, 3.8) is 0 Å². The van der Waals surface area contributed by atoms with Crippen molar-refractivity contribution < 1.29 is 19.1 Å². The van der Waals surface area contributed by atoms with Crippen molar-refractivity contribution >= 4 is 29.3 Å². The van der Waals surface area contributed by atoms with Gasteiger partial charge in [0.1, 0.15) is 0 Å². The second-order valence-corrected chi connectivity index (χ2v) is 7.40.